The van der Waals surface area contributed by atoms with Crippen LogP contribution in [0.5, 0.6) is 11.5 Å². The summed E-state index contributed by atoms with van der Waals surface area (Å²) in [5.74, 6) is -1.46. The Bertz CT molecular complexity index is 1470. The molecule has 1 aromatic carbocycles. The van der Waals surface area contributed by atoms with Gasteiger partial charge in [0.15, 0.2) is 17.8 Å². The van der Waals surface area contributed by atoms with Crippen molar-refractivity contribution in [2.45, 2.75) is 64.4 Å². The molecule has 1 aliphatic rings. The van der Waals surface area contributed by atoms with Crippen LogP contribution in [0.4, 0.5) is 4.79 Å². The topological polar surface area (TPSA) is 176 Å². The summed E-state index contributed by atoms with van der Waals surface area (Å²) < 4.78 is 33.3. The zero-order valence-electron chi connectivity index (χ0n) is 23.2. The molecule has 13 nitrogen and oxygen atoms in total. The predicted molar refractivity (Wildman–Crippen MR) is 143 cm³/mol. The lowest BCUT2D eigenvalue weighted by Crippen LogP contribution is -2.65. The molecule has 0 saturated carbocycles. The van der Waals surface area contributed by atoms with Gasteiger partial charge in [0.2, 0.25) is 6.29 Å². The molecule has 1 amide bonds. The van der Waals surface area contributed by atoms with E-state index >= 15 is 0 Å². The van der Waals surface area contributed by atoms with Crippen molar-refractivity contribution in [2.24, 2.45) is 0 Å². The molecule has 0 unspecified atom stereocenters. The molecule has 2 aromatic heterocycles. The summed E-state index contributed by atoms with van der Waals surface area (Å²) in [6.07, 6.45) is -4.14. The molecule has 1 aliphatic heterocycles. The fourth-order valence-corrected chi connectivity index (χ4v) is 4.64. The number of fused-ring (bicyclic) bond motifs is 1. The second kappa shape index (κ2) is 12.1. The van der Waals surface area contributed by atoms with Gasteiger partial charge in [0.25, 0.3) is 0 Å². The van der Waals surface area contributed by atoms with Crippen LogP contribution in [0.25, 0.3) is 11.0 Å². The first-order chi connectivity index (χ1) is 19.5. The van der Waals surface area contributed by atoms with Crippen molar-refractivity contribution < 1.29 is 47.9 Å². The molecule has 3 aromatic rings. The van der Waals surface area contributed by atoms with Gasteiger partial charge in [-0.2, -0.15) is 0 Å². The number of aryl methyl sites for hydroxylation is 1. The van der Waals surface area contributed by atoms with E-state index in [1.807, 2.05) is 0 Å². The van der Waals surface area contributed by atoms with E-state index in [1.165, 1.54) is 19.2 Å². The van der Waals surface area contributed by atoms with Crippen molar-refractivity contribution in [1.82, 2.24) is 10.3 Å². The molecule has 220 valence electrons. The summed E-state index contributed by atoms with van der Waals surface area (Å²) >= 11 is 0. The number of aromatic nitrogens is 1. The predicted octanol–water partition coefficient (Wildman–Crippen LogP) is 2.56. The fourth-order valence-electron chi connectivity index (χ4n) is 4.64. The van der Waals surface area contributed by atoms with Crippen molar-refractivity contribution >= 4 is 23.0 Å². The molecule has 0 spiro atoms. The number of esters is 1. The second-order valence-corrected chi connectivity index (χ2v) is 9.80. The number of nitrogens with zero attached hydrogens (tertiary/aromatic N) is 1. The molecule has 1 saturated heterocycles. The molecule has 0 bridgehead atoms. The maximum atomic E-state index is 12.6. The molecular weight excluding hydrogens is 540 g/mol. The lowest BCUT2D eigenvalue weighted by Gasteiger charge is -2.47. The van der Waals surface area contributed by atoms with Crippen LogP contribution in [0.1, 0.15) is 42.4 Å². The van der Waals surface area contributed by atoms with Crippen molar-refractivity contribution in [2.75, 3.05) is 13.7 Å². The lowest BCUT2D eigenvalue weighted by molar-refractivity contribution is -0.305. The number of pyridine rings is 1. The van der Waals surface area contributed by atoms with Gasteiger partial charge in [0.1, 0.15) is 23.2 Å². The number of methoxy groups -OCH3 is 1. The molecule has 4 atom stereocenters. The summed E-state index contributed by atoms with van der Waals surface area (Å²) in [6.45, 7) is 6.60. The summed E-state index contributed by atoms with van der Waals surface area (Å²) in [5.41, 5.74) is -1.95. The van der Waals surface area contributed by atoms with Gasteiger partial charge in [-0.05, 0) is 52.0 Å². The van der Waals surface area contributed by atoms with Crippen molar-refractivity contribution in [1.29, 1.82) is 0 Å². The van der Waals surface area contributed by atoms with Gasteiger partial charge in [0.05, 0.1) is 29.8 Å². The number of nitrogens with one attached hydrogen (secondary N) is 1. The normalized spacial score (nSPS) is 21.7. The van der Waals surface area contributed by atoms with Crippen molar-refractivity contribution in [3.8, 4) is 11.5 Å². The summed E-state index contributed by atoms with van der Waals surface area (Å²) in [5, 5.41) is 24.5. The molecule has 4 rings (SSSR count). The van der Waals surface area contributed by atoms with E-state index < -0.39 is 59.2 Å². The Kier molecular flexibility index (Phi) is 8.80. The first kappa shape index (κ1) is 29.8. The maximum absolute atomic E-state index is 12.6. The highest BCUT2D eigenvalue weighted by atomic mass is 16.7. The molecule has 41 heavy (non-hydrogen) atoms. The molecule has 0 radical (unpaired) electrons. The van der Waals surface area contributed by atoms with Crippen LogP contribution in [0.3, 0.4) is 0 Å². The van der Waals surface area contributed by atoms with Crippen LogP contribution >= 0.6 is 0 Å². The van der Waals surface area contributed by atoms with E-state index in [0.717, 1.165) is 0 Å². The van der Waals surface area contributed by atoms with E-state index in [2.05, 4.69) is 10.3 Å². The Morgan fingerprint density at radius 3 is 2.61 bits per heavy atom. The number of aromatic hydroxyl groups is 1. The summed E-state index contributed by atoms with van der Waals surface area (Å²) in [7, 11) is 1.40. The van der Waals surface area contributed by atoms with Crippen LogP contribution in [-0.4, -0.2) is 71.2 Å². The number of amides is 1. The van der Waals surface area contributed by atoms with E-state index in [1.54, 1.807) is 52.1 Å². The number of ether oxygens (including phenoxy) is 5. The van der Waals surface area contributed by atoms with Crippen LogP contribution < -0.4 is 15.7 Å². The Hall–Kier alpha value is -4.20. The third-order valence-electron chi connectivity index (χ3n) is 6.63. The zero-order chi connectivity index (χ0) is 29.9. The van der Waals surface area contributed by atoms with E-state index in [0.29, 0.717) is 5.69 Å². The molecule has 3 heterocycles. The van der Waals surface area contributed by atoms with Crippen LogP contribution in [0.2, 0.25) is 0 Å². The third-order valence-corrected chi connectivity index (χ3v) is 6.63. The molecule has 13 heteroatoms. The third kappa shape index (κ3) is 6.11. The minimum absolute atomic E-state index is 0.00213. The zero-order valence-corrected chi connectivity index (χ0v) is 23.2. The highest BCUT2D eigenvalue weighted by molar-refractivity contribution is 5.99. The largest absolute Gasteiger partial charge is 0.506 e. The molecule has 0 aliphatic carbocycles. The first-order valence-corrected chi connectivity index (χ1v) is 12.8. The SMILES string of the molecule is CCOC(=O)c1c(O)c2ccc(O[C@@H]3OC(C)(C)[C@H](OC)[C@@H](OC(=O)NCc4ccccn4)[C@H]3O)c(C)c2oc1=O. The molecular formula is C28H32N2O11. The second-order valence-electron chi connectivity index (χ2n) is 9.80. The van der Waals surface area contributed by atoms with Gasteiger partial charge in [-0.15, -0.1) is 0 Å². The number of benzene rings is 1. The van der Waals surface area contributed by atoms with Gasteiger partial charge >= 0.3 is 17.7 Å². The number of hydrogen-bond acceptors (Lipinski definition) is 12. The maximum Gasteiger partial charge on any atom is 0.407 e. The Morgan fingerprint density at radius 2 is 1.95 bits per heavy atom. The van der Waals surface area contributed by atoms with E-state index in [4.69, 9.17) is 28.1 Å². The van der Waals surface area contributed by atoms with Crippen LogP contribution in [0.15, 0.2) is 45.7 Å². The lowest BCUT2D eigenvalue weighted by atomic mass is 9.89. The van der Waals surface area contributed by atoms with Crippen LogP contribution in [0, 0.1) is 6.92 Å². The van der Waals surface area contributed by atoms with Gasteiger partial charge < -0.3 is 43.6 Å². The average Bonchev–Trinajstić information content (AvgIpc) is 2.92. The smallest absolute Gasteiger partial charge is 0.407 e. The number of aliphatic hydroxyl groups excluding tert-OH is 1. The summed E-state index contributed by atoms with van der Waals surface area (Å²) in [4.78, 5) is 41.4. The van der Waals surface area contributed by atoms with Crippen LogP contribution in [-0.2, 0) is 25.5 Å². The standard InChI is InChI=1S/C28H32N2O11/c1-6-37-24(33)18-19(31)16-10-11-17(14(2)21(16)39-25(18)34)38-26-20(32)22(23(36-5)28(3,4)41-26)40-27(35)30-13-15-9-7-8-12-29-15/h7-12,20,22-23,26,31-32H,6,13H2,1-5H3,(H,30,35)/t20-,22+,23-,26-/m1/s1. The average molecular weight is 573 g/mol. The molecule has 3 N–H and O–H groups in total. The van der Waals surface area contributed by atoms with Crippen molar-refractivity contribution in [3.05, 3.63) is 63.8 Å². The van der Waals surface area contributed by atoms with Gasteiger partial charge in [-0.25, -0.2) is 14.4 Å². The van der Waals surface area contributed by atoms with Gasteiger partial charge in [-0.3, -0.25) is 4.98 Å². The minimum Gasteiger partial charge on any atom is -0.506 e. The van der Waals surface area contributed by atoms with Gasteiger partial charge in [0, 0.05) is 18.9 Å². The summed E-state index contributed by atoms with van der Waals surface area (Å²) in [6, 6.07) is 8.10. The number of carbonyl (C=O) groups excluding carboxylic acids is 2. The number of rotatable bonds is 8. The number of alkyl carbamates (subject to hydrolysis) is 1. The number of carbonyl (C=O) groups is 2. The monoisotopic (exact) mass is 572 g/mol. The number of aliphatic hydroxyl groups is 1. The first-order valence-electron chi connectivity index (χ1n) is 12.8. The minimum atomic E-state index is -1.50. The number of hydrogen-bond donors (Lipinski definition) is 3. The van der Waals surface area contributed by atoms with E-state index in [-0.39, 0.29) is 35.4 Å². The highest BCUT2D eigenvalue weighted by Gasteiger charge is 2.53. The Morgan fingerprint density at radius 1 is 1.20 bits per heavy atom. The van der Waals surface area contributed by atoms with Crippen molar-refractivity contribution in [3.63, 3.8) is 0 Å². The Labute approximate surface area is 234 Å². The highest BCUT2D eigenvalue weighted by Crippen LogP contribution is 2.37. The van der Waals surface area contributed by atoms with Gasteiger partial charge in [-0.1, -0.05) is 6.07 Å². The van der Waals surface area contributed by atoms with E-state index in [9.17, 15) is 24.6 Å². The Balaban J connectivity index is 1.59. The quantitative estimate of drug-likeness (QED) is 0.266. The molecule has 1 fully saturated rings. The fraction of sp³-hybridized carbons (Fsp3) is 0.429.